The van der Waals surface area contributed by atoms with Crippen LogP contribution < -0.4 is 5.73 Å². The maximum absolute atomic E-state index is 5.99. The van der Waals surface area contributed by atoms with Crippen molar-refractivity contribution in [3.05, 3.63) is 23.2 Å². The number of benzene rings is 1. The molecule has 1 aliphatic carbocycles. The third kappa shape index (κ3) is 3.33. The van der Waals surface area contributed by atoms with Gasteiger partial charge in [0.1, 0.15) is 0 Å². The largest absolute Gasteiger partial charge is 0.398 e. The van der Waals surface area contributed by atoms with Crippen LogP contribution in [0.1, 0.15) is 25.7 Å². The molecule has 6 nitrogen and oxygen atoms in total. The van der Waals surface area contributed by atoms with Gasteiger partial charge in [-0.3, -0.25) is 0 Å². The molecule has 0 bridgehead atoms. The van der Waals surface area contributed by atoms with E-state index in [4.69, 9.17) is 22.1 Å². The number of nitrogen functional groups attached to an aromatic ring is 1. The lowest BCUT2D eigenvalue weighted by Crippen LogP contribution is -2.15. The normalized spacial score (nSPS) is 15.7. The molecule has 1 saturated carbocycles. The van der Waals surface area contributed by atoms with E-state index < -0.39 is 0 Å². The van der Waals surface area contributed by atoms with Crippen molar-refractivity contribution in [2.24, 2.45) is 0 Å². The Morgan fingerprint density at radius 1 is 1.33 bits per heavy atom. The summed E-state index contributed by atoms with van der Waals surface area (Å²) >= 11 is 5.92. The Balaban J connectivity index is 1.68. The van der Waals surface area contributed by atoms with Crippen molar-refractivity contribution in [1.82, 2.24) is 20.2 Å². The molecule has 1 heterocycles. The molecule has 7 heteroatoms. The molecule has 2 N–H and O–H groups in total. The van der Waals surface area contributed by atoms with Gasteiger partial charge in [0.05, 0.1) is 19.3 Å². The number of hydrogen-bond acceptors (Lipinski definition) is 5. The first-order chi connectivity index (χ1) is 10.2. The summed E-state index contributed by atoms with van der Waals surface area (Å²) in [6.07, 6.45) is 5.24. The van der Waals surface area contributed by atoms with Crippen molar-refractivity contribution in [1.29, 1.82) is 0 Å². The van der Waals surface area contributed by atoms with E-state index in [0.717, 1.165) is 18.4 Å². The van der Waals surface area contributed by atoms with E-state index in [2.05, 4.69) is 15.5 Å². The Morgan fingerprint density at radius 3 is 2.90 bits per heavy atom. The third-order valence-electron chi connectivity index (χ3n) is 3.75. The van der Waals surface area contributed by atoms with Gasteiger partial charge in [-0.1, -0.05) is 24.4 Å². The number of nitrogens with zero attached hydrogens (tertiary/aromatic N) is 4. The summed E-state index contributed by atoms with van der Waals surface area (Å²) in [6, 6.07) is 5.31. The minimum atomic E-state index is 0.394. The number of ether oxygens (including phenoxy) is 1. The highest BCUT2D eigenvalue weighted by atomic mass is 35.5. The summed E-state index contributed by atoms with van der Waals surface area (Å²) in [4.78, 5) is 0. The minimum absolute atomic E-state index is 0.394. The van der Waals surface area contributed by atoms with Crippen LogP contribution >= 0.6 is 11.6 Å². The molecule has 0 saturated heterocycles. The highest BCUT2D eigenvalue weighted by Crippen LogP contribution is 2.26. The molecular formula is C14H18ClN5O. The van der Waals surface area contributed by atoms with Crippen LogP contribution in [0.2, 0.25) is 5.02 Å². The number of anilines is 1. The summed E-state index contributed by atoms with van der Waals surface area (Å²) < 4.78 is 7.56. The molecule has 0 amide bonds. The molecule has 0 radical (unpaired) electrons. The van der Waals surface area contributed by atoms with Gasteiger partial charge in [-0.15, -0.1) is 5.10 Å². The van der Waals surface area contributed by atoms with Crippen molar-refractivity contribution >= 4 is 17.3 Å². The zero-order chi connectivity index (χ0) is 14.7. The first-order valence-electron chi connectivity index (χ1n) is 7.17. The van der Waals surface area contributed by atoms with Gasteiger partial charge in [-0.05, 0) is 41.5 Å². The minimum Gasteiger partial charge on any atom is -0.398 e. The molecule has 1 fully saturated rings. The Hall–Kier alpha value is -1.66. The fourth-order valence-electron chi connectivity index (χ4n) is 2.65. The highest BCUT2D eigenvalue weighted by Gasteiger charge is 2.16. The molecule has 21 heavy (non-hydrogen) atoms. The Morgan fingerprint density at radius 2 is 2.14 bits per heavy atom. The van der Waals surface area contributed by atoms with Crippen LogP contribution in [0.15, 0.2) is 18.2 Å². The second-order valence-corrected chi connectivity index (χ2v) is 5.67. The van der Waals surface area contributed by atoms with E-state index in [1.54, 1.807) is 16.8 Å². The first kappa shape index (κ1) is 14.3. The van der Waals surface area contributed by atoms with Gasteiger partial charge < -0.3 is 10.5 Å². The first-order valence-corrected chi connectivity index (χ1v) is 7.55. The Bertz CT molecular complexity index is 609. The second-order valence-electron chi connectivity index (χ2n) is 5.23. The van der Waals surface area contributed by atoms with E-state index >= 15 is 0 Å². The molecule has 0 atom stereocenters. The van der Waals surface area contributed by atoms with Crippen LogP contribution in [-0.2, 0) is 11.3 Å². The van der Waals surface area contributed by atoms with Gasteiger partial charge in [0, 0.05) is 16.3 Å². The molecular weight excluding hydrogens is 290 g/mol. The summed E-state index contributed by atoms with van der Waals surface area (Å²) in [5.74, 6) is 0.638. The van der Waals surface area contributed by atoms with E-state index in [1.165, 1.54) is 12.8 Å². The molecule has 1 aromatic heterocycles. The topological polar surface area (TPSA) is 78.9 Å². The number of tetrazole rings is 1. The Labute approximate surface area is 128 Å². The predicted molar refractivity (Wildman–Crippen MR) is 80.9 cm³/mol. The average Bonchev–Trinajstić information content (AvgIpc) is 3.11. The van der Waals surface area contributed by atoms with Gasteiger partial charge in [-0.25, -0.2) is 4.68 Å². The number of nitrogens with two attached hydrogens (primary N) is 1. The smallest absolute Gasteiger partial charge is 0.184 e. The summed E-state index contributed by atoms with van der Waals surface area (Å²) in [5.41, 5.74) is 7.33. The quantitative estimate of drug-likeness (QED) is 0.859. The molecule has 0 aliphatic heterocycles. The van der Waals surface area contributed by atoms with Gasteiger partial charge in [0.25, 0.3) is 0 Å². The second kappa shape index (κ2) is 6.41. The fourth-order valence-corrected chi connectivity index (χ4v) is 2.83. The van der Waals surface area contributed by atoms with Gasteiger partial charge in [-0.2, -0.15) is 0 Å². The predicted octanol–water partition coefficient (Wildman–Crippen LogP) is 2.53. The molecule has 1 aliphatic rings. The van der Waals surface area contributed by atoms with Gasteiger partial charge in [0.15, 0.2) is 5.82 Å². The third-order valence-corrected chi connectivity index (χ3v) is 3.98. The molecule has 3 rings (SSSR count). The van der Waals surface area contributed by atoms with Crippen LogP contribution in [0, 0.1) is 0 Å². The number of aromatic nitrogens is 4. The van der Waals surface area contributed by atoms with E-state index in [1.807, 2.05) is 6.07 Å². The maximum atomic E-state index is 5.99. The van der Waals surface area contributed by atoms with Crippen LogP contribution in [0.25, 0.3) is 11.4 Å². The summed E-state index contributed by atoms with van der Waals surface area (Å²) in [5, 5.41) is 12.4. The van der Waals surface area contributed by atoms with Crippen molar-refractivity contribution in [2.45, 2.75) is 38.3 Å². The van der Waals surface area contributed by atoms with Crippen molar-refractivity contribution in [2.75, 3.05) is 12.3 Å². The van der Waals surface area contributed by atoms with Crippen molar-refractivity contribution in [3.63, 3.8) is 0 Å². The van der Waals surface area contributed by atoms with E-state index in [9.17, 15) is 0 Å². The maximum Gasteiger partial charge on any atom is 0.184 e. The summed E-state index contributed by atoms with van der Waals surface area (Å²) in [7, 11) is 0. The van der Waals surface area contributed by atoms with Crippen molar-refractivity contribution < 1.29 is 4.74 Å². The SMILES string of the molecule is Nc1cc(Cl)ccc1-c1nnnn1CCOC1CCCC1. The van der Waals surface area contributed by atoms with Crippen LogP contribution in [0.4, 0.5) is 5.69 Å². The Kier molecular flexibility index (Phi) is 4.36. The zero-order valence-electron chi connectivity index (χ0n) is 11.7. The van der Waals surface area contributed by atoms with Crippen LogP contribution in [0.3, 0.4) is 0 Å². The molecule has 2 aromatic rings. The molecule has 0 unspecified atom stereocenters. The lowest BCUT2D eigenvalue weighted by atomic mass is 10.1. The van der Waals surface area contributed by atoms with Gasteiger partial charge >= 0.3 is 0 Å². The number of halogens is 1. The lowest BCUT2D eigenvalue weighted by molar-refractivity contribution is 0.0514. The average molecular weight is 308 g/mol. The fraction of sp³-hybridized carbons (Fsp3) is 0.500. The van der Waals surface area contributed by atoms with Crippen LogP contribution in [-0.4, -0.2) is 32.9 Å². The van der Waals surface area contributed by atoms with Crippen molar-refractivity contribution in [3.8, 4) is 11.4 Å². The monoisotopic (exact) mass is 307 g/mol. The van der Waals surface area contributed by atoms with Crippen LogP contribution in [0.5, 0.6) is 0 Å². The van der Waals surface area contributed by atoms with E-state index in [0.29, 0.717) is 35.8 Å². The van der Waals surface area contributed by atoms with Gasteiger partial charge in [0.2, 0.25) is 0 Å². The molecule has 1 aromatic carbocycles. The zero-order valence-corrected chi connectivity index (χ0v) is 12.5. The highest BCUT2D eigenvalue weighted by molar-refractivity contribution is 6.31. The number of hydrogen-bond donors (Lipinski definition) is 1. The lowest BCUT2D eigenvalue weighted by Gasteiger charge is -2.11. The van der Waals surface area contributed by atoms with E-state index in [-0.39, 0.29) is 0 Å². The number of rotatable bonds is 5. The summed E-state index contributed by atoms with van der Waals surface area (Å²) in [6.45, 7) is 1.22. The molecule has 112 valence electrons. The standard InChI is InChI=1S/C14H18ClN5O/c15-10-5-6-12(13(16)9-10)14-17-18-19-20(14)7-8-21-11-3-1-2-4-11/h5-6,9,11H,1-4,7-8,16H2. The molecule has 0 spiro atoms.